The van der Waals surface area contributed by atoms with E-state index in [1.165, 1.54) is 11.1 Å². The molecule has 7 heteroatoms. The molecule has 1 aromatic heterocycles. The quantitative estimate of drug-likeness (QED) is 0.796. The molecule has 2 heterocycles. The topological polar surface area (TPSA) is 94.0 Å². The third-order valence-corrected chi connectivity index (χ3v) is 3.28. The molecule has 1 saturated heterocycles. The average Bonchev–Trinajstić information content (AvgIpc) is 2.80. The van der Waals surface area contributed by atoms with Crippen LogP contribution in [0.25, 0.3) is 0 Å². The van der Waals surface area contributed by atoms with Gasteiger partial charge in [-0.1, -0.05) is 0 Å². The van der Waals surface area contributed by atoms with Gasteiger partial charge in [0, 0.05) is 33.3 Å². The third-order valence-electron chi connectivity index (χ3n) is 3.28. The Morgan fingerprint density at radius 2 is 2.10 bits per heavy atom. The van der Waals surface area contributed by atoms with Crippen molar-refractivity contribution in [2.75, 3.05) is 25.5 Å². The number of aliphatic hydroxyl groups is 1. The highest BCUT2D eigenvalue weighted by molar-refractivity contribution is 5.97. The molecule has 108 valence electrons. The van der Waals surface area contributed by atoms with Crippen molar-refractivity contribution in [2.45, 2.75) is 18.6 Å². The number of carbonyl (C=O) groups excluding carboxylic acids is 1. The van der Waals surface area contributed by atoms with Crippen LogP contribution in [0.5, 0.6) is 0 Å². The first kappa shape index (κ1) is 14.3. The maximum atomic E-state index is 12.3. The number of aromatic nitrogens is 1. The van der Waals surface area contributed by atoms with Gasteiger partial charge >= 0.3 is 5.97 Å². The molecule has 1 aromatic rings. The molecule has 7 nitrogen and oxygen atoms in total. The lowest BCUT2D eigenvalue weighted by atomic mass is 10.2. The van der Waals surface area contributed by atoms with Crippen LogP contribution in [0.2, 0.25) is 0 Å². The van der Waals surface area contributed by atoms with Gasteiger partial charge in [0.2, 0.25) is 0 Å². The Kier molecular flexibility index (Phi) is 3.89. The van der Waals surface area contributed by atoms with E-state index >= 15 is 0 Å². The first-order valence-corrected chi connectivity index (χ1v) is 6.25. The van der Waals surface area contributed by atoms with Crippen molar-refractivity contribution in [1.82, 2.24) is 9.88 Å². The summed E-state index contributed by atoms with van der Waals surface area (Å²) in [5.74, 6) is -0.822. The van der Waals surface area contributed by atoms with Crippen molar-refractivity contribution < 1.29 is 19.8 Å². The summed E-state index contributed by atoms with van der Waals surface area (Å²) in [6.07, 6.45) is 0.681. The Morgan fingerprint density at radius 1 is 1.40 bits per heavy atom. The largest absolute Gasteiger partial charge is 0.480 e. The zero-order valence-electron chi connectivity index (χ0n) is 11.4. The van der Waals surface area contributed by atoms with Crippen LogP contribution in [0.3, 0.4) is 0 Å². The third kappa shape index (κ3) is 2.72. The van der Waals surface area contributed by atoms with Gasteiger partial charge < -0.3 is 20.0 Å². The summed E-state index contributed by atoms with van der Waals surface area (Å²) in [4.78, 5) is 30.5. The lowest BCUT2D eigenvalue weighted by Gasteiger charge is -2.21. The molecule has 1 aliphatic heterocycles. The molecule has 20 heavy (non-hydrogen) atoms. The number of rotatable bonds is 3. The second-order valence-electron chi connectivity index (χ2n) is 5.00. The molecule has 0 radical (unpaired) electrons. The molecule has 2 rings (SSSR count). The fraction of sp³-hybridized carbons (Fsp3) is 0.462. The second kappa shape index (κ2) is 5.46. The fourth-order valence-electron chi connectivity index (χ4n) is 2.22. The predicted octanol–water partition coefficient (Wildman–Crippen LogP) is -0.192. The van der Waals surface area contributed by atoms with Crippen LogP contribution in [0.4, 0.5) is 5.82 Å². The summed E-state index contributed by atoms with van der Waals surface area (Å²) in [6.45, 7) is 0.0330. The molecule has 2 N–H and O–H groups in total. The molecule has 0 saturated carbocycles. The zero-order valence-corrected chi connectivity index (χ0v) is 11.4. The molecule has 0 unspecified atom stereocenters. The van der Waals surface area contributed by atoms with Gasteiger partial charge in [-0.25, -0.2) is 9.78 Å². The van der Waals surface area contributed by atoms with E-state index in [0.717, 1.165) is 0 Å². The van der Waals surface area contributed by atoms with Crippen molar-refractivity contribution in [3.05, 3.63) is 23.9 Å². The molecule has 0 aliphatic carbocycles. The zero-order chi connectivity index (χ0) is 14.9. The Labute approximate surface area is 116 Å². The van der Waals surface area contributed by atoms with Crippen LogP contribution >= 0.6 is 0 Å². The van der Waals surface area contributed by atoms with E-state index in [4.69, 9.17) is 5.11 Å². The van der Waals surface area contributed by atoms with Crippen LogP contribution in [-0.4, -0.2) is 64.8 Å². The van der Waals surface area contributed by atoms with Crippen molar-refractivity contribution in [2.24, 2.45) is 0 Å². The second-order valence-corrected chi connectivity index (χ2v) is 5.00. The Morgan fingerprint density at radius 3 is 2.60 bits per heavy atom. The van der Waals surface area contributed by atoms with E-state index in [-0.39, 0.29) is 13.0 Å². The molecular weight excluding hydrogens is 262 g/mol. The monoisotopic (exact) mass is 279 g/mol. The summed E-state index contributed by atoms with van der Waals surface area (Å²) in [5, 5.41) is 18.6. The fourth-order valence-corrected chi connectivity index (χ4v) is 2.22. The molecular formula is C13H17N3O4. The summed E-state index contributed by atoms with van der Waals surface area (Å²) >= 11 is 0. The van der Waals surface area contributed by atoms with Gasteiger partial charge in [-0.05, 0) is 12.1 Å². The van der Waals surface area contributed by atoms with Crippen LogP contribution in [-0.2, 0) is 4.79 Å². The first-order chi connectivity index (χ1) is 9.40. The summed E-state index contributed by atoms with van der Waals surface area (Å²) in [7, 11) is 3.67. The van der Waals surface area contributed by atoms with E-state index in [9.17, 15) is 14.7 Å². The van der Waals surface area contributed by atoms with Gasteiger partial charge in [0.1, 0.15) is 11.9 Å². The number of carboxylic acids is 1. The Bertz CT molecular complexity index is 515. The van der Waals surface area contributed by atoms with Crippen molar-refractivity contribution in [3.63, 3.8) is 0 Å². The highest BCUT2D eigenvalue weighted by atomic mass is 16.4. The lowest BCUT2D eigenvalue weighted by Crippen LogP contribution is -2.40. The number of amides is 1. The average molecular weight is 279 g/mol. The summed E-state index contributed by atoms with van der Waals surface area (Å²) < 4.78 is 0. The smallest absolute Gasteiger partial charge is 0.326 e. The normalized spacial score (nSPS) is 21.9. The van der Waals surface area contributed by atoms with E-state index < -0.39 is 24.0 Å². The minimum atomic E-state index is -1.10. The number of likely N-dealkylation sites (tertiary alicyclic amines) is 1. The van der Waals surface area contributed by atoms with Gasteiger partial charge in [0.25, 0.3) is 5.91 Å². The standard InChI is InChI=1S/C13H17N3O4/c1-15(2)11-4-3-8(6-14-11)12(18)16-7-9(17)5-10(16)13(19)20/h3-4,6,9-10,17H,5,7H2,1-2H3,(H,19,20)/t9-,10-/m1/s1. The molecule has 0 bridgehead atoms. The molecule has 1 amide bonds. The number of anilines is 1. The number of nitrogens with zero attached hydrogens (tertiary/aromatic N) is 3. The minimum absolute atomic E-state index is 0.0330. The molecule has 0 spiro atoms. The van der Waals surface area contributed by atoms with Crippen LogP contribution in [0.15, 0.2) is 18.3 Å². The van der Waals surface area contributed by atoms with Crippen LogP contribution in [0.1, 0.15) is 16.8 Å². The van der Waals surface area contributed by atoms with Crippen LogP contribution < -0.4 is 4.90 Å². The number of hydrogen-bond donors (Lipinski definition) is 2. The van der Waals surface area contributed by atoms with Crippen molar-refractivity contribution in [1.29, 1.82) is 0 Å². The van der Waals surface area contributed by atoms with Gasteiger partial charge in [-0.15, -0.1) is 0 Å². The van der Waals surface area contributed by atoms with Crippen LogP contribution in [0, 0.1) is 0 Å². The van der Waals surface area contributed by atoms with E-state index in [1.807, 2.05) is 14.1 Å². The summed E-state index contributed by atoms with van der Waals surface area (Å²) in [6, 6.07) is 2.31. The number of pyridine rings is 1. The first-order valence-electron chi connectivity index (χ1n) is 6.25. The SMILES string of the molecule is CN(C)c1ccc(C(=O)N2C[C@H](O)C[C@@H]2C(=O)O)cn1. The molecule has 1 fully saturated rings. The number of hydrogen-bond acceptors (Lipinski definition) is 5. The Hall–Kier alpha value is -2.15. The number of aliphatic hydroxyl groups excluding tert-OH is 1. The van der Waals surface area contributed by atoms with Gasteiger partial charge in [-0.3, -0.25) is 4.79 Å². The molecule has 1 aliphatic rings. The highest BCUT2D eigenvalue weighted by Crippen LogP contribution is 2.21. The molecule has 2 atom stereocenters. The number of aliphatic carboxylic acids is 1. The predicted molar refractivity (Wildman–Crippen MR) is 71.6 cm³/mol. The van der Waals surface area contributed by atoms with E-state index in [2.05, 4.69) is 4.98 Å². The Balaban J connectivity index is 2.20. The summed E-state index contributed by atoms with van der Waals surface area (Å²) in [5.41, 5.74) is 0.316. The maximum Gasteiger partial charge on any atom is 0.326 e. The van der Waals surface area contributed by atoms with Crippen molar-refractivity contribution >= 4 is 17.7 Å². The van der Waals surface area contributed by atoms with E-state index in [1.54, 1.807) is 17.0 Å². The maximum absolute atomic E-state index is 12.3. The van der Waals surface area contributed by atoms with Gasteiger partial charge in [0.05, 0.1) is 11.7 Å². The highest BCUT2D eigenvalue weighted by Gasteiger charge is 2.39. The van der Waals surface area contributed by atoms with E-state index in [0.29, 0.717) is 11.4 Å². The number of β-amino-alcohol motifs (C(OH)–C–C–N with tert-alkyl or cyclic N) is 1. The number of carbonyl (C=O) groups is 2. The number of carboxylic acid groups (broad SMARTS) is 1. The molecule has 0 aromatic carbocycles. The minimum Gasteiger partial charge on any atom is -0.480 e. The van der Waals surface area contributed by atoms with Gasteiger partial charge in [0.15, 0.2) is 0 Å². The lowest BCUT2D eigenvalue weighted by molar-refractivity contribution is -0.141. The van der Waals surface area contributed by atoms with Gasteiger partial charge in [-0.2, -0.15) is 0 Å². The van der Waals surface area contributed by atoms with Crippen molar-refractivity contribution in [3.8, 4) is 0 Å².